The van der Waals surface area contributed by atoms with Crippen LogP contribution in [0.4, 0.5) is 11.5 Å². The molecule has 0 bridgehead atoms. The van der Waals surface area contributed by atoms with Gasteiger partial charge in [0.15, 0.2) is 0 Å². The Morgan fingerprint density at radius 1 is 1.21 bits per heavy atom. The minimum absolute atomic E-state index is 0.0332. The number of rotatable bonds is 6. The number of hydrogen-bond acceptors (Lipinski definition) is 4. The zero-order valence-electron chi connectivity index (χ0n) is 12.7. The molecule has 1 saturated carbocycles. The van der Waals surface area contributed by atoms with Crippen molar-refractivity contribution >= 4 is 39.0 Å². The molecule has 1 aromatic carbocycles. The summed E-state index contributed by atoms with van der Waals surface area (Å²) < 4.78 is 26.3. The molecule has 2 aromatic rings. The molecule has 0 saturated heterocycles. The molecule has 8 heteroatoms. The zero-order valence-corrected chi connectivity index (χ0v) is 14.3. The average molecular weight is 366 g/mol. The molecule has 3 rings (SSSR count). The molecule has 0 unspecified atom stereocenters. The summed E-state index contributed by atoms with van der Waals surface area (Å²) in [6.45, 7) is 0. The lowest BCUT2D eigenvalue weighted by Gasteiger charge is -2.08. The van der Waals surface area contributed by atoms with Crippen LogP contribution in [-0.4, -0.2) is 24.6 Å². The van der Waals surface area contributed by atoms with Crippen LogP contribution in [-0.2, 0) is 21.2 Å². The fourth-order valence-electron chi connectivity index (χ4n) is 2.18. The van der Waals surface area contributed by atoms with Gasteiger partial charge in [0.2, 0.25) is 15.9 Å². The number of sulfonamides is 1. The maximum absolute atomic E-state index is 12.1. The van der Waals surface area contributed by atoms with Gasteiger partial charge in [0.1, 0.15) is 5.82 Å². The number of nitrogens with zero attached hydrogens (tertiary/aromatic N) is 1. The summed E-state index contributed by atoms with van der Waals surface area (Å²) in [7, 11) is -3.37. The van der Waals surface area contributed by atoms with E-state index >= 15 is 0 Å². The van der Waals surface area contributed by atoms with E-state index in [0.717, 1.165) is 0 Å². The number of amides is 1. The van der Waals surface area contributed by atoms with Crippen LogP contribution in [0.3, 0.4) is 0 Å². The Morgan fingerprint density at radius 2 is 1.96 bits per heavy atom. The Hall–Kier alpha value is -2.12. The minimum Gasteiger partial charge on any atom is -0.326 e. The lowest BCUT2D eigenvalue weighted by atomic mass is 10.2. The molecule has 0 aliphatic heterocycles. The molecule has 1 aliphatic carbocycles. The SMILES string of the molecule is O=C(Cc1cccc(NS(=O)(=O)C2CC2)n1)Nc1cccc(Cl)c1. The van der Waals surface area contributed by atoms with Crippen molar-refractivity contribution in [3.8, 4) is 0 Å². The van der Waals surface area contributed by atoms with Crippen LogP contribution in [0.2, 0.25) is 5.02 Å². The molecule has 1 heterocycles. The summed E-state index contributed by atoms with van der Waals surface area (Å²) in [5, 5.41) is 2.93. The molecule has 0 radical (unpaired) electrons. The topological polar surface area (TPSA) is 88.2 Å². The molecule has 0 spiro atoms. The quantitative estimate of drug-likeness (QED) is 0.823. The first-order valence-corrected chi connectivity index (χ1v) is 9.38. The summed E-state index contributed by atoms with van der Waals surface area (Å²) in [5.74, 6) is -0.0260. The number of anilines is 2. The lowest BCUT2D eigenvalue weighted by Crippen LogP contribution is -2.19. The van der Waals surface area contributed by atoms with Crippen LogP contribution in [0.1, 0.15) is 18.5 Å². The summed E-state index contributed by atoms with van der Waals surface area (Å²) in [5.41, 5.74) is 1.07. The van der Waals surface area contributed by atoms with Gasteiger partial charge in [-0.25, -0.2) is 13.4 Å². The largest absolute Gasteiger partial charge is 0.326 e. The van der Waals surface area contributed by atoms with Crippen molar-refractivity contribution < 1.29 is 13.2 Å². The minimum atomic E-state index is -3.37. The van der Waals surface area contributed by atoms with Crippen LogP contribution in [0.25, 0.3) is 0 Å². The first-order chi connectivity index (χ1) is 11.4. The van der Waals surface area contributed by atoms with Gasteiger partial charge >= 0.3 is 0 Å². The predicted molar refractivity (Wildman–Crippen MR) is 93.6 cm³/mol. The molecule has 1 fully saturated rings. The highest BCUT2D eigenvalue weighted by Gasteiger charge is 2.35. The normalized spacial score (nSPS) is 14.2. The number of carbonyl (C=O) groups is 1. The number of hydrogen-bond donors (Lipinski definition) is 2. The van der Waals surface area contributed by atoms with Gasteiger partial charge in [-0.1, -0.05) is 23.7 Å². The van der Waals surface area contributed by atoms with Gasteiger partial charge in [-0.15, -0.1) is 0 Å². The molecule has 6 nitrogen and oxygen atoms in total. The highest BCUT2D eigenvalue weighted by molar-refractivity contribution is 7.93. The Balaban J connectivity index is 1.64. The first kappa shape index (κ1) is 16.7. The number of pyridine rings is 1. The fraction of sp³-hybridized carbons (Fsp3) is 0.250. The van der Waals surface area contributed by atoms with Crippen LogP contribution in [0.15, 0.2) is 42.5 Å². The monoisotopic (exact) mass is 365 g/mol. The van der Waals surface area contributed by atoms with Gasteiger partial charge in [-0.2, -0.15) is 0 Å². The highest BCUT2D eigenvalue weighted by atomic mass is 35.5. The lowest BCUT2D eigenvalue weighted by molar-refractivity contribution is -0.115. The molecule has 126 valence electrons. The van der Waals surface area contributed by atoms with Crippen molar-refractivity contribution in [2.75, 3.05) is 10.0 Å². The smallest absolute Gasteiger partial charge is 0.236 e. The van der Waals surface area contributed by atoms with E-state index in [1.165, 1.54) is 0 Å². The van der Waals surface area contributed by atoms with E-state index in [0.29, 0.717) is 29.2 Å². The van der Waals surface area contributed by atoms with Gasteiger partial charge in [0.05, 0.1) is 17.4 Å². The van der Waals surface area contributed by atoms with Gasteiger partial charge in [0.25, 0.3) is 0 Å². The summed E-state index contributed by atoms with van der Waals surface area (Å²) in [6.07, 6.45) is 1.39. The Morgan fingerprint density at radius 3 is 2.67 bits per heavy atom. The van der Waals surface area contributed by atoms with E-state index in [4.69, 9.17) is 11.6 Å². The van der Waals surface area contributed by atoms with Gasteiger partial charge in [-0.05, 0) is 43.2 Å². The van der Waals surface area contributed by atoms with Crippen molar-refractivity contribution in [2.45, 2.75) is 24.5 Å². The molecular weight excluding hydrogens is 350 g/mol. The van der Waals surface area contributed by atoms with Crippen LogP contribution in [0, 0.1) is 0 Å². The van der Waals surface area contributed by atoms with E-state index in [1.807, 2.05) is 0 Å². The molecule has 24 heavy (non-hydrogen) atoms. The zero-order chi connectivity index (χ0) is 17.2. The van der Waals surface area contributed by atoms with E-state index in [2.05, 4.69) is 15.0 Å². The van der Waals surface area contributed by atoms with Crippen molar-refractivity contribution in [1.82, 2.24) is 4.98 Å². The van der Waals surface area contributed by atoms with E-state index in [-0.39, 0.29) is 23.4 Å². The third kappa shape index (κ3) is 4.46. The highest BCUT2D eigenvalue weighted by Crippen LogP contribution is 2.29. The third-order valence-corrected chi connectivity index (χ3v) is 5.54. The van der Waals surface area contributed by atoms with Crippen molar-refractivity contribution in [1.29, 1.82) is 0 Å². The third-order valence-electron chi connectivity index (χ3n) is 3.47. The van der Waals surface area contributed by atoms with Crippen LogP contribution >= 0.6 is 11.6 Å². The summed E-state index contributed by atoms with van der Waals surface area (Å²) in [6, 6.07) is 11.7. The number of nitrogens with one attached hydrogen (secondary N) is 2. The van der Waals surface area contributed by atoms with Gasteiger partial charge < -0.3 is 5.32 Å². The van der Waals surface area contributed by atoms with Gasteiger partial charge in [0, 0.05) is 10.7 Å². The second kappa shape index (κ2) is 6.78. The maximum Gasteiger partial charge on any atom is 0.236 e. The standard InChI is InChI=1S/C16H16ClN3O3S/c17-11-3-1-4-12(9-11)19-16(21)10-13-5-2-6-15(18-13)20-24(22,23)14-7-8-14/h1-6,9,14H,7-8,10H2,(H,18,20)(H,19,21). The Kier molecular flexibility index (Phi) is 4.73. The van der Waals surface area contributed by atoms with E-state index in [9.17, 15) is 13.2 Å². The molecule has 0 atom stereocenters. The van der Waals surface area contributed by atoms with Crippen LogP contribution in [0.5, 0.6) is 0 Å². The predicted octanol–water partition coefficient (Wildman–Crippen LogP) is 2.82. The number of benzene rings is 1. The van der Waals surface area contributed by atoms with Gasteiger partial charge in [-0.3, -0.25) is 9.52 Å². The number of aromatic nitrogens is 1. The van der Waals surface area contributed by atoms with Crippen molar-refractivity contribution in [2.24, 2.45) is 0 Å². The number of halogens is 1. The molecule has 1 amide bonds. The molecular formula is C16H16ClN3O3S. The summed E-state index contributed by atoms with van der Waals surface area (Å²) in [4.78, 5) is 16.3. The van der Waals surface area contributed by atoms with Crippen molar-refractivity contribution in [3.63, 3.8) is 0 Å². The summed E-state index contributed by atoms with van der Waals surface area (Å²) >= 11 is 5.87. The van der Waals surface area contributed by atoms with E-state index < -0.39 is 10.0 Å². The fourth-order valence-corrected chi connectivity index (χ4v) is 3.70. The first-order valence-electron chi connectivity index (χ1n) is 7.45. The molecule has 1 aromatic heterocycles. The maximum atomic E-state index is 12.1. The molecule has 2 N–H and O–H groups in total. The second-order valence-corrected chi connectivity index (χ2v) is 7.99. The Labute approximate surface area is 145 Å². The second-order valence-electron chi connectivity index (χ2n) is 5.60. The van der Waals surface area contributed by atoms with Crippen LogP contribution < -0.4 is 10.0 Å². The average Bonchev–Trinajstić information content (AvgIpc) is 3.32. The Bertz CT molecular complexity index is 866. The molecule has 1 aliphatic rings. The number of carbonyl (C=O) groups excluding carboxylic acids is 1. The van der Waals surface area contributed by atoms with Crippen molar-refractivity contribution in [3.05, 3.63) is 53.2 Å². The van der Waals surface area contributed by atoms with E-state index in [1.54, 1.807) is 42.5 Å².